The lowest BCUT2D eigenvalue weighted by Crippen LogP contribution is -2.50. The van der Waals surface area contributed by atoms with E-state index < -0.39 is 42.6 Å². The molecule has 0 saturated carbocycles. The number of nitrogens with one attached hydrogen (secondary N) is 3. The van der Waals surface area contributed by atoms with Crippen molar-refractivity contribution in [2.75, 3.05) is 23.5 Å². The van der Waals surface area contributed by atoms with Crippen LogP contribution < -0.4 is 21.1 Å². The number of anilines is 2. The Bertz CT molecular complexity index is 1110. The minimum absolute atomic E-state index is 0.00819. The molecule has 2 aromatic rings. The summed E-state index contributed by atoms with van der Waals surface area (Å²) in [7, 11) is 0. The van der Waals surface area contributed by atoms with Crippen molar-refractivity contribution in [2.45, 2.75) is 12.8 Å². The monoisotopic (exact) mass is 460 g/mol. The van der Waals surface area contributed by atoms with E-state index in [-0.39, 0.29) is 35.9 Å². The first-order chi connectivity index (χ1) is 15.7. The Hall–Kier alpha value is -4.35. The largest absolute Gasteiger partial charge is 0.452 e. The van der Waals surface area contributed by atoms with E-state index in [2.05, 4.69) is 16.1 Å². The molecule has 10 nitrogen and oxygen atoms in total. The van der Waals surface area contributed by atoms with E-state index in [0.717, 1.165) is 23.2 Å². The van der Waals surface area contributed by atoms with Crippen molar-refractivity contribution in [3.05, 3.63) is 59.7 Å². The molecule has 0 unspecified atom stereocenters. The van der Waals surface area contributed by atoms with Crippen molar-refractivity contribution in [3.8, 4) is 0 Å². The zero-order valence-electron chi connectivity index (χ0n) is 17.0. The molecule has 0 radical (unpaired) electrons. The molecule has 1 aliphatic heterocycles. The molecule has 0 spiro atoms. The minimum atomic E-state index is -1.14. The average Bonchev–Trinajstić information content (AvgIpc) is 2.80. The van der Waals surface area contributed by atoms with E-state index in [1.165, 1.54) is 24.3 Å². The summed E-state index contributed by atoms with van der Waals surface area (Å²) < 4.78 is 30.9. The summed E-state index contributed by atoms with van der Waals surface area (Å²) in [4.78, 5) is 59.0. The van der Waals surface area contributed by atoms with Gasteiger partial charge in [-0.2, -0.15) is 0 Å². The van der Waals surface area contributed by atoms with Gasteiger partial charge in [0, 0.05) is 24.6 Å². The molecular weight excluding hydrogens is 442 g/mol. The molecule has 0 bridgehead atoms. The van der Waals surface area contributed by atoms with E-state index in [0.29, 0.717) is 5.69 Å². The maximum Gasteiger partial charge on any atom is 0.338 e. The van der Waals surface area contributed by atoms with Gasteiger partial charge < -0.3 is 15.4 Å². The van der Waals surface area contributed by atoms with Crippen LogP contribution in [0.25, 0.3) is 0 Å². The number of ether oxygens (including phenoxy) is 1. The second-order valence-corrected chi connectivity index (χ2v) is 6.84. The summed E-state index contributed by atoms with van der Waals surface area (Å²) in [5, 5.41) is 5.57. The molecule has 1 aliphatic rings. The summed E-state index contributed by atoms with van der Waals surface area (Å²) in [6, 6.07) is 8.37. The summed E-state index contributed by atoms with van der Waals surface area (Å²) in [6.07, 6.45) is 0.178. The Morgan fingerprint density at radius 2 is 1.70 bits per heavy atom. The Morgan fingerprint density at radius 3 is 2.39 bits per heavy atom. The number of carbonyl (C=O) groups is 5. The minimum Gasteiger partial charge on any atom is -0.452 e. The van der Waals surface area contributed by atoms with Crippen molar-refractivity contribution in [3.63, 3.8) is 0 Å². The van der Waals surface area contributed by atoms with Crippen LogP contribution in [0, 0.1) is 11.6 Å². The van der Waals surface area contributed by atoms with Gasteiger partial charge >= 0.3 is 5.97 Å². The van der Waals surface area contributed by atoms with Crippen molar-refractivity contribution < 1.29 is 37.5 Å². The highest BCUT2D eigenvalue weighted by Gasteiger charge is 2.24. The van der Waals surface area contributed by atoms with Gasteiger partial charge in [-0.05, 0) is 36.4 Å². The lowest BCUT2D eigenvalue weighted by molar-refractivity contribution is -0.130. The molecule has 1 saturated heterocycles. The lowest BCUT2D eigenvalue weighted by atomic mass is 10.2. The molecular formula is C21H18F2N4O6. The second kappa shape index (κ2) is 10.3. The van der Waals surface area contributed by atoms with Crippen LogP contribution in [-0.2, 0) is 23.9 Å². The molecule has 1 fully saturated rings. The van der Waals surface area contributed by atoms with Gasteiger partial charge in [0.05, 0.1) is 17.8 Å². The van der Waals surface area contributed by atoms with Crippen LogP contribution in [0.4, 0.5) is 20.2 Å². The summed E-state index contributed by atoms with van der Waals surface area (Å²) in [5.74, 6) is -5.08. The Morgan fingerprint density at radius 1 is 0.970 bits per heavy atom. The van der Waals surface area contributed by atoms with E-state index in [9.17, 15) is 32.8 Å². The first-order valence-electron chi connectivity index (χ1n) is 9.64. The Kier molecular flexibility index (Phi) is 7.28. The molecule has 4 amide bonds. The number of carbonyl (C=O) groups excluding carboxylic acids is 5. The molecule has 0 atom stereocenters. The highest BCUT2D eigenvalue weighted by molar-refractivity contribution is 6.01. The van der Waals surface area contributed by atoms with Crippen LogP contribution in [0.1, 0.15) is 23.2 Å². The van der Waals surface area contributed by atoms with Crippen LogP contribution in [0.2, 0.25) is 0 Å². The summed E-state index contributed by atoms with van der Waals surface area (Å²) in [6.45, 7) is -1.15. The third-order valence-corrected chi connectivity index (χ3v) is 4.40. The van der Waals surface area contributed by atoms with Gasteiger partial charge in [0.2, 0.25) is 17.7 Å². The predicted octanol–water partition coefficient (Wildman–Crippen LogP) is 1.03. The topological polar surface area (TPSA) is 134 Å². The Labute approximate surface area is 185 Å². The standard InChI is InChI=1S/C21H18F2N4O6/c22-15-6-3-13(9-16(15)23)25-18(29)10-24-19(30)11-33-21(32)12-1-4-14(5-2-12)27-20(31)8-7-17(28)26-27/h1-6,9H,7-8,10-11H2,(H,24,30)(H,25,29)(H,26,28). The van der Waals surface area contributed by atoms with Crippen molar-refractivity contribution in [2.24, 2.45) is 0 Å². The van der Waals surface area contributed by atoms with Crippen LogP contribution in [0.5, 0.6) is 0 Å². The second-order valence-electron chi connectivity index (χ2n) is 6.84. The van der Waals surface area contributed by atoms with Crippen LogP contribution >= 0.6 is 0 Å². The predicted molar refractivity (Wildman–Crippen MR) is 110 cm³/mol. The maximum absolute atomic E-state index is 13.1. The van der Waals surface area contributed by atoms with Crippen LogP contribution in [0.3, 0.4) is 0 Å². The molecule has 33 heavy (non-hydrogen) atoms. The SMILES string of the molecule is O=C(COC(=O)c1ccc(N2NC(=O)CCC2=O)cc1)NCC(=O)Nc1ccc(F)c(F)c1. The van der Waals surface area contributed by atoms with E-state index in [4.69, 9.17) is 4.74 Å². The molecule has 172 valence electrons. The van der Waals surface area contributed by atoms with Crippen LogP contribution in [0.15, 0.2) is 42.5 Å². The summed E-state index contributed by atoms with van der Waals surface area (Å²) >= 11 is 0. The first-order valence-corrected chi connectivity index (χ1v) is 9.64. The third-order valence-electron chi connectivity index (χ3n) is 4.40. The molecule has 12 heteroatoms. The smallest absolute Gasteiger partial charge is 0.338 e. The lowest BCUT2D eigenvalue weighted by Gasteiger charge is -2.27. The number of hydrazine groups is 1. The highest BCUT2D eigenvalue weighted by atomic mass is 19.2. The number of amides is 4. The fraction of sp³-hybridized carbons (Fsp3) is 0.190. The molecule has 0 aromatic heterocycles. The number of hydrogen-bond donors (Lipinski definition) is 3. The fourth-order valence-corrected chi connectivity index (χ4v) is 2.75. The number of esters is 1. The first kappa shape index (κ1) is 23.3. The highest BCUT2D eigenvalue weighted by Crippen LogP contribution is 2.18. The number of halogens is 2. The normalized spacial score (nSPS) is 13.2. The Balaban J connectivity index is 1.43. The number of rotatable bonds is 7. The van der Waals surface area contributed by atoms with Gasteiger partial charge in [-0.1, -0.05) is 0 Å². The zero-order valence-corrected chi connectivity index (χ0v) is 17.0. The van der Waals surface area contributed by atoms with Crippen molar-refractivity contribution >= 4 is 41.0 Å². The maximum atomic E-state index is 13.1. The van der Waals surface area contributed by atoms with Gasteiger partial charge in [0.1, 0.15) is 0 Å². The van der Waals surface area contributed by atoms with Crippen molar-refractivity contribution in [1.82, 2.24) is 10.7 Å². The average molecular weight is 460 g/mol. The van der Waals surface area contributed by atoms with Gasteiger partial charge in [-0.15, -0.1) is 0 Å². The molecule has 0 aliphatic carbocycles. The molecule has 2 aromatic carbocycles. The zero-order chi connectivity index (χ0) is 24.0. The van der Waals surface area contributed by atoms with E-state index in [1.54, 1.807) is 0 Å². The van der Waals surface area contributed by atoms with Gasteiger partial charge in [0.25, 0.3) is 5.91 Å². The van der Waals surface area contributed by atoms with Crippen LogP contribution in [-0.4, -0.2) is 42.7 Å². The summed E-state index contributed by atoms with van der Waals surface area (Å²) in [5.41, 5.74) is 2.88. The van der Waals surface area contributed by atoms with Gasteiger partial charge in [-0.3, -0.25) is 24.6 Å². The van der Waals surface area contributed by atoms with Gasteiger partial charge in [0.15, 0.2) is 18.2 Å². The third kappa shape index (κ3) is 6.32. The quantitative estimate of drug-likeness (QED) is 0.529. The van der Waals surface area contributed by atoms with Crippen molar-refractivity contribution in [1.29, 1.82) is 0 Å². The molecule has 3 N–H and O–H groups in total. The number of benzene rings is 2. The molecule has 1 heterocycles. The van der Waals surface area contributed by atoms with E-state index in [1.807, 2.05) is 0 Å². The van der Waals surface area contributed by atoms with Gasteiger partial charge in [-0.25, -0.2) is 18.6 Å². The number of nitrogens with zero attached hydrogens (tertiary/aromatic N) is 1. The molecule has 3 rings (SSSR count). The van der Waals surface area contributed by atoms with E-state index >= 15 is 0 Å². The number of hydrogen-bond acceptors (Lipinski definition) is 6. The fourth-order valence-electron chi connectivity index (χ4n) is 2.75.